The molecule has 1 aliphatic rings. The maximum atomic E-state index is 13.1. The van der Waals surface area contributed by atoms with E-state index in [2.05, 4.69) is 62.2 Å². The van der Waals surface area contributed by atoms with E-state index in [1.54, 1.807) is 14.2 Å². The van der Waals surface area contributed by atoms with Gasteiger partial charge in [0.1, 0.15) is 0 Å². The Balaban J connectivity index is 0.00000324. The lowest BCUT2D eigenvalue weighted by Crippen LogP contribution is -2.39. The molecule has 6 heteroatoms. The van der Waals surface area contributed by atoms with E-state index < -0.39 is 0 Å². The Hall–Kier alpha value is -2.76. The monoisotopic (exact) mass is 482 g/mol. The summed E-state index contributed by atoms with van der Waals surface area (Å²) in [6.45, 7) is 6.88. The summed E-state index contributed by atoms with van der Waals surface area (Å²) in [4.78, 5) is 17.5. The maximum absolute atomic E-state index is 13.1. The van der Waals surface area contributed by atoms with Crippen LogP contribution in [0.15, 0.2) is 48.5 Å². The normalized spacial score (nSPS) is 14.1. The summed E-state index contributed by atoms with van der Waals surface area (Å²) >= 11 is 0. The summed E-state index contributed by atoms with van der Waals surface area (Å²) < 4.78 is 10.8. The first-order valence-corrected chi connectivity index (χ1v) is 11.7. The third-order valence-electron chi connectivity index (χ3n) is 6.98. The number of aryl methyl sites for hydroxylation is 1. The molecule has 3 aromatic rings. The lowest BCUT2D eigenvalue weighted by atomic mass is 9.94. The minimum atomic E-state index is 0. The molecule has 0 aromatic heterocycles. The lowest BCUT2D eigenvalue weighted by molar-refractivity contribution is 0.0730. The average Bonchev–Trinajstić information content (AvgIpc) is 2.84. The summed E-state index contributed by atoms with van der Waals surface area (Å²) in [6, 6.07) is 17.1. The van der Waals surface area contributed by atoms with Gasteiger partial charge >= 0.3 is 0 Å². The molecule has 1 amide bonds. The number of benzene rings is 3. The molecule has 0 fully saturated rings. The molecule has 4 rings (SSSR count). The number of hydrogen-bond acceptors (Lipinski definition) is 4. The van der Waals surface area contributed by atoms with Gasteiger partial charge in [0.25, 0.3) is 5.91 Å². The Morgan fingerprint density at radius 1 is 1.06 bits per heavy atom. The zero-order valence-electron chi connectivity index (χ0n) is 20.8. The van der Waals surface area contributed by atoms with Crippen LogP contribution in [-0.2, 0) is 6.42 Å². The van der Waals surface area contributed by atoms with E-state index in [-0.39, 0.29) is 18.3 Å². The van der Waals surface area contributed by atoms with E-state index in [4.69, 9.17) is 9.47 Å². The zero-order chi connectivity index (χ0) is 23.5. The van der Waals surface area contributed by atoms with Crippen LogP contribution >= 0.6 is 12.4 Å². The Bertz CT molecular complexity index is 1160. The minimum absolute atomic E-state index is 0. The molecule has 0 radical (unpaired) electrons. The van der Waals surface area contributed by atoms with Crippen molar-refractivity contribution >= 4 is 29.1 Å². The van der Waals surface area contributed by atoms with Crippen LogP contribution in [0.25, 0.3) is 10.8 Å². The summed E-state index contributed by atoms with van der Waals surface area (Å²) in [7, 11) is 5.40. The van der Waals surface area contributed by atoms with Crippen molar-refractivity contribution in [3.8, 4) is 11.5 Å². The maximum Gasteiger partial charge on any atom is 0.254 e. The molecule has 1 atom stereocenters. The first-order chi connectivity index (χ1) is 15.9. The van der Waals surface area contributed by atoms with Crippen molar-refractivity contribution in [3.05, 3.63) is 70.8 Å². The van der Waals surface area contributed by atoms with Gasteiger partial charge < -0.3 is 14.4 Å². The van der Waals surface area contributed by atoms with Gasteiger partial charge in [0, 0.05) is 31.2 Å². The molecule has 34 heavy (non-hydrogen) atoms. The van der Waals surface area contributed by atoms with Crippen LogP contribution < -0.4 is 9.47 Å². The number of carbonyl (C=O) groups excluding carboxylic acids is 1. The second-order valence-corrected chi connectivity index (χ2v) is 8.93. The molecule has 3 aromatic carbocycles. The van der Waals surface area contributed by atoms with Gasteiger partial charge in [-0.3, -0.25) is 9.69 Å². The fourth-order valence-electron chi connectivity index (χ4n) is 4.95. The smallest absolute Gasteiger partial charge is 0.254 e. The van der Waals surface area contributed by atoms with E-state index in [1.165, 1.54) is 21.9 Å². The SMILES string of the molecule is COc1cc2c(cc1OC)C(=O)N(CCCN(C)C(C)c1c(C)ccc3ccccc13)CC2.Cl. The summed E-state index contributed by atoms with van der Waals surface area (Å²) in [6.07, 6.45) is 1.77. The molecule has 0 bridgehead atoms. The van der Waals surface area contributed by atoms with E-state index in [0.29, 0.717) is 17.5 Å². The van der Waals surface area contributed by atoms with Crippen LogP contribution in [0.2, 0.25) is 0 Å². The summed E-state index contributed by atoms with van der Waals surface area (Å²) in [5.41, 5.74) is 4.47. The Morgan fingerprint density at radius 2 is 1.76 bits per heavy atom. The van der Waals surface area contributed by atoms with E-state index >= 15 is 0 Å². The van der Waals surface area contributed by atoms with Gasteiger partial charge in [0.15, 0.2) is 11.5 Å². The van der Waals surface area contributed by atoms with Gasteiger partial charge in [-0.25, -0.2) is 0 Å². The van der Waals surface area contributed by atoms with Crippen molar-refractivity contribution in [3.63, 3.8) is 0 Å². The predicted molar refractivity (Wildman–Crippen MR) is 141 cm³/mol. The zero-order valence-corrected chi connectivity index (χ0v) is 21.6. The number of hydrogen-bond donors (Lipinski definition) is 0. The molecule has 1 unspecified atom stereocenters. The van der Waals surface area contributed by atoms with Crippen molar-refractivity contribution in [1.82, 2.24) is 9.80 Å². The second-order valence-electron chi connectivity index (χ2n) is 8.93. The highest BCUT2D eigenvalue weighted by Crippen LogP contribution is 2.34. The number of rotatable bonds is 8. The summed E-state index contributed by atoms with van der Waals surface area (Å²) in [5.74, 6) is 1.36. The highest BCUT2D eigenvalue weighted by Gasteiger charge is 2.26. The van der Waals surface area contributed by atoms with Crippen molar-refractivity contribution < 1.29 is 14.3 Å². The molecule has 5 nitrogen and oxygen atoms in total. The molecule has 0 spiro atoms. The number of amides is 1. The molecule has 0 saturated carbocycles. The van der Waals surface area contributed by atoms with Gasteiger partial charge in [0.2, 0.25) is 0 Å². The average molecular weight is 483 g/mol. The quantitative estimate of drug-likeness (QED) is 0.415. The number of carbonyl (C=O) groups is 1. The Morgan fingerprint density at radius 3 is 2.50 bits per heavy atom. The molecular formula is C28H35ClN2O3. The van der Waals surface area contributed by atoms with Crippen LogP contribution in [0.5, 0.6) is 11.5 Å². The van der Waals surface area contributed by atoms with E-state index in [1.807, 2.05) is 17.0 Å². The number of methoxy groups -OCH3 is 2. The van der Waals surface area contributed by atoms with E-state index in [0.717, 1.165) is 43.6 Å². The number of fused-ring (bicyclic) bond motifs is 2. The third-order valence-corrected chi connectivity index (χ3v) is 6.98. The minimum Gasteiger partial charge on any atom is -0.493 e. The van der Waals surface area contributed by atoms with Gasteiger partial charge in [-0.1, -0.05) is 36.4 Å². The first-order valence-electron chi connectivity index (χ1n) is 11.7. The number of nitrogens with zero attached hydrogens (tertiary/aromatic N) is 2. The van der Waals surface area contributed by atoms with Crippen LogP contribution in [0.1, 0.15) is 46.4 Å². The lowest BCUT2D eigenvalue weighted by Gasteiger charge is -2.31. The van der Waals surface area contributed by atoms with Crippen LogP contribution in [-0.4, -0.2) is 56.6 Å². The van der Waals surface area contributed by atoms with Crippen LogP contribution in [0, 0.1) is 6.92 Å². The highest BCUT2D eigenvalue weighted by atomic mass is 35.5. The van der Waals surface area contributed by atoms with Crippen LogP contribution in [0.3, 0.4) is 0 Å². The fraction of sp³-hybridized carbons (Fsp3) is 0.393. The first kappa shape index (κ1) is 25.9. The molecule has 1 aliphatic heterocycles. The van der Waals surface area contributed by atoms with Crippen molar-refractivity contribution in [2.75, 3.05) is 40.9 Å². The van der Waals surface area contributed by atoms with E-state index in [9.17, 15) is 4.79 Å². The molecule has 0 saturated heterocycles. The fourth-order valence-corrected chi connectivity index (χ4v) is 4.95. The molecule has 182 valence electrons. The van der Waals surface area contributed by atoms with Gasteiger partial charge in [-0.15, -0.1) is 12.4 Å². The van der Waals surface area contributed by atoms with Gasteiger partial charge in [0.05, 0.1) is 14.2 Å². The summed E-state index contributed by atoms with van der Waals surface area (Å²) in [5, 5.41) is 2.60. The molecule has 0 N–H and O–H groups in total. The standard InChI is InChI=1S/C28H34N2O3.ClH/c1-19-11-12-21-9-6-7-10-23(21)27(19)20(2)29(3)14-8-15-30-16-13-22-17-25(32-4)26(33-5)18-24(22)28(30)31;/h6-7,9-12,17-18,20H,8,13-16H2,1-5H3;1H. The topological polar surface area (TPSA) is 42.0 Å². The Labute approximate surface area is 209 Å². The molecule has 0 aliphatic carbocycles. The molecule has 1 heterocycles. The largest absolute Gasteiger partial charge is 0.493 e. The second kappa shape index (κ2) is 11.1. The number of ether oxygens (including phenoxy) is 2. The van der Waals surface area contributed by atoms with Crippen molar-refractivity contribution in [2.45, 2.75) is 32.7 Å². The number of halogens is 1. The Kier molecular flexibility index (Phi) is 8.45. The van der Waals surface area contributed by atoms with Gasteiger partial charge in [-0.05, 0) is 73.3 Å². The third kappa shape index (κ3) is 5.01. The highest BCUT2D eigenvalue weighted by molar-refractivity contribution is 5.97. The van der Waals surface area contributed by atoms with Crippen molar-refractivity contribution in [1.29, 1.82) is 0 Å². The van der Waals surface area contributed by atoms with Crippen molar-refractivity contribution in [2.24, 2.45) is 0 Å². The predicted octanol–water partition coefficient (Wildman–Crippen LogP) is 5.67. The van der Waals surface area contributed by atoms with Crippen LogP contribution in [0.4, 0.5) is 0 Å². The van der Waals surface area contributed by atoms with Gasteiger partial charge in [-0.2, -0.15) is 0 Å². The molecular weight excluding hydrogens is 448 g/mol.